The van der Waals surface area contributed by atoms with E-state index in [2.05, 4.69) is 52.6 Å². The van der Waals surface area contributed by atoms with E-state index in [-0.39, 0.29) is 17.9 Å². The van der Waals surface area contributed by atoms with Crippen LogP contribution in [0.5, 0.6) is 0 Å². The first kappa shape index (κ1) is 24.5. The highest BCUT2D eigenvalue weighted by Crippen LogP contribution is 2.38. The predicted octanol–water partition coefficient (Wildman–Crippen LogP) is 5.35. The highest BCUT2D eigenvalue weighted by atomic mass is 16.4. The van der Waals surface area contributed by atoms with Gasteiger partial charge in [0, 0.05) is 12.6 Å². The second kappa shape index (κ2) is 10.0. The molecule has 2 aliphatic carbocycles. The van der Waals surface area contributed by atoms with Gasteiger partial charge in [-0.05, 0) is 82.7 Å². The van der Waals surface area contributed by atoms with Crippen LogP contribution >= 0.6 is 0 Å². The Morgan fingerprint density at radius 1 is 1.06 bits per heavy atom. The third kappa shape index (κ3) is 5.04. The molecule has 0 radical (unpaired) electrons. The summed E-state index contributed by atoms with van der Waals surface area (Å²) in [4.78, 5) is 28.4. The van der Waals surface area contributed by atoms with Crippen LogP contribution in [0.15, 0.2) is 0 Å². The number of aromatic nitrogens is 4. The van der Waals surface area contributed by atoms with E-state index in [1.54, 1.807) is 0 Å². The number of imidazole rings is 1. The summed E-state index contributed by atoms with van der Waals surface area (Å²) in [6.07, 6.45) is 11.0. The van der Waals surface area contributed by atoms with Gasteiger partial charge in [0.25, 0.3) is 0 Å². The average Bonchev–Trinajstić information content (AvgIpc) is 3.14. The fourth-order valence-corrected chi connectivity index (χ4v) is 6.29. The first-order valence-electron chi connectivity index (χ1n) is 13.8. The SMILES string of the molecule is CC1CCC(Cn2c(C3CC(C)CCN3C)nc3nc(C(=O)O)nc(N[C@H](C)C4CCC4)c32)CC1. The van der Waals surface area contributed by atoms with Crippen LogP contribution < -0.4 is 5.32 Å². The molecule has 0 bridgehead atoms. The summed E-state index contributed by atoms with van der Waals surface area (Å²) in [5.41, 5.74) is 1.41. The number of anilines is 1. The molecular weight excluding hydrogens is 440 g/mol. The van der Waals surface area contributed by atoms with Crippen molar-refractivity contribution in [3.8, 4) is 0 Å². The number of carboxylic acids is 1. The van der Waals surface area contributed by atoms with Crippen molar-refractivity contribution in [2.75, 3.05) is 18.9 Å². The molecule has 3 fully saturated rings. The van der Waals surface area contributed by atoms with Crippen molar-refractivity contribution in [3.05, 3.63) is 11.6 Å². The molecule has 3 atom stereocenters. The third-order valence-corrected chi connectivity index (χ3v) is 9.05. The van der Waals surface area contributed by atoms with E-state index < -0.39 is 5.97 Å². The lowest BCUT2D eigenvalue weighted by molar-refractivity contribution is 0.0684. The summed E-state index contributed by atoms with van der Waals surface area (Å²) in [7, 11) is 2.19. The van der Waals surface area contributed by atoms with Gasteiger partial charge in [0.05, 0.1) is 6.04 Å². The normalized spacial score (nSPS) is 29.1. The molecule has 192 valence electrons. The number of piperidine rings is 1. The fraction of sp³-hybridized carbons (Fsp3) is 0.778. The maximum atomic E-state index is 11.9. The number of rotatable bonds is 7. The summed E-state index contributed by atoms with van der Waals surface area (Å²) in [5.74, 6) is 3.04. The maximum absolute atomic E-state index is 11.9. The second-order valence-electron chi connectivity index (χ2n) is 11.8. The lowest BCUT2D eigenvalue weighted by atomic mass is 9.80. The van der Waals surface area contributed by atoms with Crippen LogP contribution in [0.1, 0.15) is 101 Å². The van der Waals surface area contributed by atoms with E-state index in [1.807, 2.05) is 0 Å². The van der Waals surface area contributed by atoms with Crippen molar-refractivity contribution < 1.29 is 9.90 Å². The largest absolute Gasteiger partial charge is 0.475 e. The molecule has 0 spiro atoms. The number of likely N-dealkylation sites (tertiary alicyclic amines) is 1. The third-order valence-electron chi connectivity index (χ3n) is 9.05. The number of hydrogen-bond donors (Lipinski definition) is 2. The molecular formula is C27H42N6O2. The van der Waals surface area contributed by atoms with Crippen LogP contribution in [0.3, 0.4) is 0 Å². The Morgan fingerprint density at radius 2 is 1.80 bits per heavy atom. The van der Waals surface area contributed by atoms with Crippen LogP contribution in [-0.4, -0.2) is 55.1 Å². The molecule has 3 aliphatic rings. The molecule has 1 saturated heterocycles. The Morgan fingerprint density at radius 3 is 2.46 bits per heavy atom. The van der Waals surface area contributed by atoms with Gasteiger partial charge in [-0.15, -0.1) is 0 Å². The minimum atomic E-state index is -1.10. The minimum absolute atomic E-state index is 0.172. The Kier molecular flexibility index (Phi) is 7.02. The van der Waals surface area contributed by atoms with Crippen molar-refractivity contribution in [1.29, 1.82) is 0 Å². The van der Waals surface area contributed by atoms with Gasteiger partial charge < -0.3 is 15.0 Å². The Balaban J connectivity index is 1.61. The quantitative estimate of drug-likeness (QED) is 0.549. The van der Waals surface area contributed by atoms with E-state index in [0.29, 0.717) is 29.2 Å². The molecule has 35 heavy (non-hydrogen) atoms. The molecule has 2 N–H and O–H groups in total. The number of carboxylic acid groups (broad SMARTS) is 1. The second-order valence-corrected chi connectivity index (χ2v) is 11.8. The van der Waals surface area contributed by atoms with Gasteiger partial charge in [0.15, 0.2) is 11.5 Å². The zero-order valence-electron chi connectivity index (χ0n) is 21.8. The van der Waals surface area contributed by atoms with Crippen molar-refractivity contribution in [1.82, 2.24) is 24.4 Å². The number of aromatic carboxylic acids is 1. The smallest absolute Gasteiger partial charge is 0.374 e. The van der Waals surface area contributed by atoms with Crippen molar-refractivity contribution in [2.45, 2.75) is 97.2 Å². The predicted molar refractivity (Wildman–Crippen MR) is 138 cm³/mol. The first-order chi connectivity index (χ1) is 16.8. The lowest BCUT2D eigenvalue weighted by Gasteiger charge is -2.36. The molecule has 2 unspecified atom stereocenters. The summed E-state index contributed by atoms with van der Waals surface area (Å²) >= 11 is 0. The molecule has 8 heteroatoms. The number of nitrogens with one attached hydrogen (secondary N) is 1. The van der Waals surface area contributed by atoms with E-state index in [4.69, 9.17) is 4.98 Å². The van der Waals surface area contributed by atoms with Gasteiger partial charge in [-0.2, -0.15) is 0 Å². The van der Waals surface area contributed by atoms with Crippen LogP contribution in [0.4, 0.5) is 5.82 Å². The highest BCUT2D eigenvalue weighted by Gasteiger charge is 2.33. The highest BCUT2D eigenvalue weighted by molar-refractivity contribution is 5.90. The Hall–Kier alpha value is -2.22. The van der Waals surface area contributed by atoms with Crippen LogP contribution in [0, 0.1) is 23.7 Å². The molecule has 5 rings (SSSR count). The van der Waals surface area contributed by atoms with Crippen molar-refractivity contribution >= 4 is 23.0 Å². The zero-order chi connectivity index (χ0) is 24.7. The van der Waals surface area contributed by atoms with Gasteiger partial charge in [-0.25, -0.2) is 19.7 Å². The standard InChI is InChI=1S/C27H42N6O2/c1-16-8-10-19(11-9-16)15-33-22-23(28-18(3)20-6-5-7-20)29-25(27(34)35)30-24(22)31-26(33)21-14-17(2)12-13-32(21)4/h16-21H,5-15H2,1-4H3,(H,34,35)(H,28,29,30)/t16?,17?,18-,19?,21?/m1/s1. The number of hydrogen-bond acceptors (Lipinski definition) is 6. The van der Waals surface area contributed by atoms with Crippen LogP contribution in [-0.2, 0) is 6.54 Å². The summed E-state index contributed by atoms with van der Waals surface area (Å²) < 4.78 is 2.37. The molecule has 3 heterocycles. The fourth-order valence-electron chi connectivity index (χ4n) is 6.29. The average molecular weight is 483 g/mol. The van der Waals surface area contributed by atoms with E-state index in [9.17, 15) is 9.90 Å². The lowest BCUT2D eigenvalue weighted by Crippen LogP contribution is -2.35. The number of nitrogens with zero attached hydrogens (tertiary/aromatic N) is 5. The van der Waals surface area contributed by atoms with Gasteiger partial charge in [0.1, 0.15) is 11.3 Å². The van der Waals surface area contributed by atoms with Crippen molar-refractivity contribution in [3.63, 3.8) is 0 Å². The topological polar surface area (TPSA) is 96.2 Å². The van der Waals surface area contributed by atoms with Gasteiger partial charge >= 0.3 is 5.97 Å². The first-order valence-corrected chi connectivity index (χ1v) is 13.8. The summed E-state index contributed by atoms with van der Waals surface area (Å²) in [6, 6.07) is 0.448. The van der Waals surface area contributed by atoms with Gasteiger partial charge in [-0.1, -0.05) is 33.1 Å². The van der Waals surface area contributed by atoms with E-state index in [0.717, 1.165) is 36.8 Å². The van der Waals surface area contributed by atoms with Crippen molar-refractivity contribution in [2.24, 2.45) is 23.7 Å². The van der Waals surface area contributed by atoms with Gasteiger partial charge in [-0.3, -0.25) is 4.90 Å². The monoisotopic (exact) mass is 482 g/mol. The molecule has 0 aromatic carbocycles. The zero-order valence-corrected chi connectivity index (χ0v) is 21.8. The molecule has 1 aliphatic heterocycles. The minimum Gasteiger partial charge on any atom is -0.475 e. The molecule has 0 amide bonds. The van der Waals surface area contributed by atoms with E-state index >= 15 is 0 Å². The van der Waals surface area contributed by atoms with E-state index in [1.165, 1.54) is 51.4 Å². The summed E-state index contributed by atoms with van der Waals surface area (Å²) in [6.45, 7) is 8.83. The van der Waals surface area contributed by atoms with Gasteiger partial charge in [0.2, 0.25) is 5.82 Å². The number of carbonyl (C=O) groups is 1. The number of fused-ring (bicyclic) bond motifs is 1. The molecule has 2 aromatic rings. The molecule has 2 saturated carbocycles. The molecule has 2 aromatic heterocycles. The maximum Gasteiger partial charge on any atom is 0.374 e. The van der Waals surface area contributed by atoms with Crippen LogP contribution in [0.2, 0.25) is 0 Å². The summed E-state index contributed by atoms with van der Waals surface area (Å²) in [5, 5.41) is 13.4. The Labute approximate surface area is 208 Å². The Bertz CT molecular complexity index is 1060. The molecule has 8 nitrogen and oxygen atoms in total. The van der Waals surface area contributed by atoms with Crippen LogP contribution in [0.25, 0.3) is 11.2 Å².